The Labute approximate surface area is 116 Å². The van der Waals surface area contributed by atoms with Crippen LogP contribution in [0.2, 0.25) is 0 Å². The van der Waals surface area contributed by atoms with Gasteiger partial charge in [0.2, 0.25) is 6.54 Å². The van der Waals surface area contributed by atoms with Gasteiger partial charge in [-0.2, -0.15) is 0 Å². The van der Waals surface area contributed by atoms with Crippen LogP contribution in [0.1, 0.15) is 24.0 Å². The Bertz CT molecular complexity index is 688. The molecule has 19 heavy (non-hydrogen) atoms. The van der Waals surface area contributed by atoms with Crippen LogP contribution < -0.4 is 0 Å². The number of fused-ring (bicyclic) bond motifs is 3. The van der Waals surface area contributed by atoms with Gasteiger partial charge < -0.3 is 5.21 Å². The van der Waals surface area contributed by atoms with Crippen LogP contribution in [0.15, 0.2) is 29.3 Å². The van der Waals surface area contributed by atoms with E-state index in [2.05, 4.69) is 23.2 Å². The Kier molecular flexibility index (Phi) is 2.86. The molecule has 0 amide bonds. The van der Waals surface area contributed by atoms with Gasteiger partial charge in [0, 0.05) is 18.0 Å². The molecule has 1 aliphatic rings. The molecule has 3 rings (SSSR count). The van der Waals surface area contributed by atoms with E-state index in [9.17, 15) is 5.21 Å². The van der Waals surface area contributed by atoms with Crippen LogP contribution in [-0.4, -0.2) is 26.3 Å². The van der Waals surface area contributed by atoms with Crippen LogP contribution in [0.3, 0.4) is 0 Å². The lowest BCUT2D eigenvalue weighted by Crippen LogP contribution is -2.12. The van der Waals surface area contributed by atoms with Crippen molar-refractivity contribution in [3.05, 3.63) is 46.7 Å². The molecule has 2 aromatic rings. The molecular weight excluding hydrogens is 258 g/mol. The molecule has 0 N–H and O–H groups in total. The minimum Gasteiger partial charge on any atom is -0.623 e. The van der Waals surface area contributed by atoms with E-state index in [1.165, 1.54) is 0 Å². The summed E-state index contributed by atoms with van der Waals surface area (Å²) < 4.78 is 3.05. The number of thioether (sulfide) groups is 1. The third kappa shape index (κ3) is 1.94. The van der Waals surface area contributed by atoms with Gasteiger partial charge >= 0.3 is 0 Å². The lowest BCUT2D eigenvalue weighted by atomic mass is 10.1. The highest BCUT2D eigenvalue weighted by Gasteiger charge is 2.23. The number of aryl methyl sites for hydroxylation is 1. The highest BCUT2D eigenvalue weighted by molar-refractivity contribution is 7.98. The average Bonchev–Trinajstić information content (AvgIpc) is 2.73. The number of hydroxylamine groups is 1. The lowest BCUT2D eigenvalue weighted by Gasteiger charge is -2.09. The van der Waals surface area contributed by atoms with Gasteiger partial charge in [0.15, 0.2) is 11.5 Å². The largest absolute Gasteiger partial charge is 0.623 e. The second-order valence-electron chi connectivity index (χ2n) is 4.67. The number of hydrogen-bond donors (Lipinski definition) is 0. The summed E-state index contributed by atoms with van der Waals surface area (Å²) in [6.45, 7) is 4.11. The monoisotopic (exact) mass is 273 g/mol. The number of nitrogens with zero attached hydrogens (tertiary/aromatic N) is 3. The molecule has 0 bridgehead atoms. The van der Waals surface area contributed by atoms with Crippen molar-refractivity contribution < 1.29 is 4.74 Å². The first-order valence-electron chi connectivity index (χ1n) is 6.12. The summed E-state index contributed by atoms with van der Waals surface area (Å²) in [4.78, 5) is 5.60. The molecule has 0 unspecified atom stereocenters. The lowest BCUT2D eigenvalue weighted by molar-refractivity contribution is -0.476. The second kappa shape index (κ2) is 4.42. The van der Waals surface area contributed by atoms with Crippen molar-refractivity contribution in [2.45, 2.75) is 25.3 Å². The van der Waals surface area contributed by atoms with Crippen molar-refractivity contribution in [1.82, 2.24) is 9.55 Å². The topological polar surface area (TPSA) is 43.9 Å². The molecule has 1 aliphatic heterocycles. The number of aromatic nitrogens is 2. The summed E-state index contributed by atoms with van der Waals surface area (Å²) in [5.41, 5.74) is 3.69. The van der Waals surface area contributed by atoms with Crippen LogP contribution in [0.4, 0.5) is 0 Å². The number of benzene rings is 1. The molecule has 0 aliphatic carbocycles. The van der Waals surface area contributed by atoms with E-state index in [1.807, 2.05) is 30.9 Å². The van der Waals surface area contributed by atoms with Crippen LogP contribution in [0, 0.1) is 12.1 Å². The van der Waals surface area contributed by atoms with Gasteiger partial charge in [0.1, 0.15) is 0 Å². The predicted molar refractivity (Wildman–Crippen MR) is 77.2 cm³/mol. The first kappa shape index (κ1) is 12.3. The molecular formula is C14H15N3OS. The molecule has 1 aromatic heterocycles. The van der Waals surface area contributed by atoms with Gasteiger partial charge in [-0.15, -0.1) is 11.8 Å². The van der Waals surface area contributed by atoms with Crippen molar-refractivity contribution in [3.8, 4) is 5.69 Å². The molecule has 2 heterocycles. The summed E-state index contributed by atoms with van der Waals surface area (Å²) >= 11 is 1.68. The van der Waals surface area contributed by atoms with Crippen LogP contribution in [0.5, 0.6) is 0 Å². The molecule has 0 fully saturated rings. The quantitative estimate of drug-likeness (QED) is 0.456. The Morgan fingerprint density at radius 3 is 2.89 bits per heavy atom. The Hall–Kier alpha value is -1.75. The number of hydrogen-bond acceptors (Lipinski definition) is 3. The normalized spacial score (nSPS) is 14.1. The third-order valence-electron chi connectivity index (χ3n) is 3.41. The maximum absolute atomic E-state index is 12.2. The Morgan fingerprint density at radius 1 is 1.37 bits per heavy atom. The predicted octanol–water partition coefficient (Wildman–Crippen LogP) is 2.74. The van der Waals surface area contributed by atoms with Gasteiger partial charge in [-0.25, -0.2) is 9.72 Å². The van der Waals surface area contributed by atoms with Crippen molar-refractivity contribution >= 4 is 17.5 Å². The minimum absolute atomic E-state index is 0.295. The maximum Gasteiger partial charge on any atom is 0.211 e. The first-order chi connectivity index (χ1) is 9.10. The molecule has 98 valence electrons. The summed E-state index contributed by atoms with van der Waals surface area (Å²) in [5.74, 6) is 0.794. The maximum atomic E-state index is 12.2. The van der Waals surface area contributed by atoms with Crippen LogP contribution in [0.25, 0.3) is 5.69 Å². The van der Waals surface area contributed by atoms with Crippen molar-refractivity contribution in [2.75, 3.05) is 6.26 Å². The van der Waals surface area contributed by atoms with Gasteiger partial charge in [0.05, 0.1) is 16.9 Å². The van der Waals surface area contributed by atoms with Crippen molar-refractivity contribution in [2.24, 2.45) is 0 Å². The van der Waals surface area contributed by atoms with Gasteiger partial charge in [-0.05, 0) is 31.4 Å². The summed E-state index contributed by atoms with van der Waals surface area (Å²) in [6, 6.07) is 6.22. The molecule has 0 saturated heterocycles. The summed E-state index contributed by atoms with van der Waals surface area (Å²) in [6.07, 6.45) is 4.02. The molecule has 0 atom stereocenters. The van der Waals surface area contributed by atoms with E-state index in [1.54, 1.807) is 11.8 Å². The third-order valence-corrected chi connectivity index (χ3v) is 4.14. The van der Waals surface area contributed by atoms with Crippen molar-refractivity contribution in [1.29, 1.82) is 0 Å². The molecule has 0 saturated carbocycles. The highest BCUT2D eigenvalue weighted by Crippen LogP contribution is 2.26. The summed E-state index contributed by atoms with van der Waals surface area (Å²) in [5, 5.41) is 12.2. The van der Waals surface area contributed by atoms with E-state index >= 15 is 0 Å². The zero-order valence-electron chi connectivity index (χ0n) is 11.2. The first-order valence-corrected chi connectivity index (χ1v) is 7.34. The van der Waals surface area contributed by atoms with E-state index in [0.29, 0.717) is 6.54 Å². The van der Waals surface area contributed by atoms with E-state index < -0.39 is 0 Å². The van der Waals surface area contributed by atoms with E-state index in [0.717, 1.165) is 38.1 Å². The van der Waals surface area contributed by atoms with Gasteiger partial charge in [-0.1, -0.05) is 0 Å². The van der Waals surface area contributed by atoms with Crippen molar-refractivity contribution in [3.63, 3.8) is 0 Å². The second-order valence-corrected chi connectivity index (χ2v) is 5.55. The van der Waals surface area contributed by atoms with Gasteiger partial charge in [0.25, 0.3) is 0 Å². The summed E-state index contributed by atoms with van der Waals surface area (Å²) in [7, 11) is 0. The number of imidazole rings is 1. The fraction of sp³-hybridized carbons (Fsp3) is 0.286. The van der Waals surface area contributed by atoms with E-state index in [-0.39, 0.29) is 0 Å². The van der Waals surface area contributed by atoms with Gasteiger partial charge in [-0.3, -0.25) is 4.57 Å². The standard InChI is InChI=1S/C14H15N3OS/c1-9-7-16-13-5-4-11(19-3)6-12(13)10(2)17(18)8-14(16)15-9/h4-7H,8H2,1-3H3. The Balaban J connectivity index is 2.32. The molecule has 1 aromatic carbocycles. The molecule has 5 heteroatoms. The minimum atomic E-state index is 0.295. The molecule has 0 spiro atoms. The van der Waals surface area contributed by atoms with Crippen LogP contribution in [-0.2, 0) is 6.54 Å². The molecule has 4 nitrogen and oxygen atoms in total. The SMILES string of the molecule is CSc1ccc2c(c1)C(C)=[N+]([O-])Cc1nc(C)cn1-2. The highest BCUT2D eigenvalue weighted by atomic mass is 32.2. The van der Waals surface area contributed by atoms with Crippen LogP contribution >= 0.6 is 11.8 Å². The molecule has 0 radical (unpaired) electrons. The average molecular weight is 273 g/mol. The smallest absolute Gasteiger partial charge is 0.211 e. The van der Waals surface area contributed by atoms with E-state index in [4.69, 9.17) is 0 Å². The zero-order valence-corrected chi connectivity index (χ0v) is 12.0. The fourth-order valence-electron chi connectivity index (χ4n) is 2.39. The zero-order chi connectivity index (χ0) is 13.6. The fourth-order valence-corrected chi connectivity index (χ4v) is 2.83. The Morgan fingerprint density at radius 2 is 2.16 bits per heavy atom. The number of rotatable bonds is 1.